The van der Waals surface area contributed by atoms with Crippen LogP contribution in [0.5, 0.6) is 0 Å². The highest BCUT2D eigenvalue weighted by molar-refractivity contribution is 6.26. The summed E-state index contributed by atoms with van der Waals surface area (Å²) in [5, 5.41) is 9.90. The summed E-state index contributed by atoms with van der Waals surface area (Å²) in [5.74, 6) is 0. The van der Waals surface area contributed by atoms with Gasteiger partial charge in [0.1, 0.15) is 0 Å². The Labute approximate surface area is 190 Å². The van der Waals surface area contributed by atoms with E-state index in [2.05, 4.69) is 109 Å². The van der Waals surface area contributed by atoms with Gasteiger partial charge in [0.05, 0.1) is 11.0 Å². The van der Waals surface area contributed by atoms with E-state index in [9.17, 15) is 0 Å². The number of fused-ring (bicyclic) bond motifs is 10. The van der Waals surface area contributed by atoms with E-state index >= 15 is 0 Å². The first-order valence-corrected chi connectivity index (χ1v) is 11.3. The van der Waals surface area contributed by atoms with E-state index < -0.39 is 0 Å². The minimum atomic E-state index is 0.885. The average Bonchev–Trinajstić information content (AvgIpc) is 2.88. The number of rotatable bonds is 0. The van der Waals surface area contributed by atoms with Gasteiger partial charge in [-0.3, -0.25) is 0 Å². The predicted octanol–water partition coefficient (Wildman–Crippen LogP) is 8.66. The molecule has 33 heavy (non-hydrogen) atoms. The summed E-state index contributed by atoms with van der Waals surface area (Å²) in [6.07, 6.45) is 0. The molecule has 0 spiro atoms. The highest BCUT2D eigenvalue weighted by Gasteiger charge is 2.12. The SMILES string of the molecule is Cn1c2ccccc2oc2cc3c4ccccc4c4ccccc4c4ccccc4c3cc21. The second-order valence-electron chi connectivity index (χ2n) is 8.63. The first-order chi connectivity index (χ1) is 16.3. The Balaban J connectivity index is 1.86. The van der Waals surface area contributed by atoms with Crippen molar-refractivity contribution in [2.24, 2.45) is 7.05 Å². The molecule has 0 saturated heterocycles. The molecule has 0 bridgehead atoms. The zero-order valence-corrected chi connectivity index (χ0v) is 18.2. The van der Waals surface area contributed by atoms with Gasteiger partial charge in [0, 0.05) is 7.05 Å². The lowest BCUT2D eigenvalue weighted by molar-refractivity contribution is 0.650. The minimum absolute atomic E-state index is 0.885. The number of hydrogen-bond donors (Lipinski definition) is 0. The van der Waals surface area contributed by atoms with Gasteiger partial charge in [0.2, 0.25) is 0 Å². The van der Waals surface area contributed by atoms with Gasteiger partial charge in [0.25, 0.3) is 0 Å². The lowest BCUT2D eigenvalue weighted by Gasteiger charge is -2.14. The first-order valence-electron chi connectivity index (χ1n) is 11.3. The molecule has 0 saturated carbocycles. The predicted molar refractivity (Wildman–Crippen MR) is 140 cm³/mol. The second-order valence-corrected chi connectivity index (χ2v) is 8.63. The number of aromatic nitrogens is 1. The highest BCUT2D eigenvalue weighted by atomic mass is 16.3. The summed E-state index contributed by atoms with van der Waals surface area (Å²) in [6, 6.07) is 38.9. The molecule has 1 aromatic heterocycles. The molecular weight excluding hydrogens is 402 g/mol. The monoisotopic (exact) mass is 423 g/mol. The molecule has 0 aliphatic heterocycles. The van der Waals surface area contributed by atoms with E-state index in [-0.39, 0.29) is 0 Å². The van der Waals surface area contributed by atoms with Crippen LogP contribution in [0.15, 0.2) is 114 Å². The van der Waals surface area contributed by atoms with E-state index in [1.807, 2.05) is 12.1 Å². The molecular formula is C31H21NO. The molecule has 2 heteroatoms. The third-order valence-electron chi connectivity index (χ3n) is 6.85. The lowest BCUT2D eigenvalue weighted by atomic mass is 9.94. The van der Waals surface area contributed by atoms with Crippen LogP contribution in [0.2, 0.25) is 0 Å². The standard InChI is InChI=1S/C31H21NO/c1-32-28-16-8-9-17-30(28)33-31-19-27-25-15-7-5-13-23(25)21-11-3-2-10-20(21)22-12-4-6-14-24(22)26(27)18-29(31)32/h2-19H,1H3. The Hall–Kier alpha value is -4.30. The zero-order chi connectivity index (χ0) is 21.9. The summed E-state index contributed by atoms with van der Waals surface area (Å²) in [5.41, 5.74) is 3.93. The van der Waals surface area contributed by atoms with E-state index in [0.29, 0.717) is 0 Å². The van der Waals surface area contributed by atoms with E-state index in [1.54, 1.807) is 0 Å². The largest absolute Gasteiger partial charge is 0.453 e. The Kier molecular flexibility index (Phi) is 3.80. The number of benzene rings is 5. The molecule has 2 nitrogen and oxygen atoms in total. The maximum absolute atomic E-state index is 6.42. The summed E-state index contributed by atoms with van der Waals surface area (Å²) in [4.78, 5) is 0. The molecule has 0 amide bonds. The topological polar surface area (TPSA) is 18.1 Å². The second kappa shape index (κ2) is 6.85. The number of para-hydroxylation sites is 2. The van der Waals surface area contributed by atoms with Crippen LogP contribution in [0.3, 0.4) is 0 Å². The smallest absolute Gasteiger partial charge is 0.151 e. The normalized spacial score (nSPS) is 11.8. The summed E-state index contributed by atoms with van der Waals surface area (Å²) >= 11 is 0. The minimum Gasteiger partial charge on any atom is -0.453 e. The molecule has 0 unspecified atom stereocenters. The van der Waals surface area contributed by atoms with Gasteiger partial charge in [-0.2, -0.15) is 0 Å². The molecule has 156 valence electrons. The van der Waals surface area contributed by atoms with Gasteiger partial charge in [-0.15, -0.1) is 0 Å². The zero-order valence-electron chi connectivity index (χ0n) is 18.2. The van der Waals surface area contributed by atoms with Crippen molar-refractivity contribution < 1.29 is 4.42 Å². The fourth-order valence-corrected chi connectivity index (χ4v) is 5.29. The first kappa shape index (κ1) is 18.3. The van der Waals surface area contributed by atoms with Crippen LogP contribution in [0.4, 0.5) is 0 Å². The van der Waals surface area contributed by atoms with Gasteiger partial charge in [-0.25, -0.2) is 0 Å². The van der Waals surface area contributed by atoms with Crippen LogP contribution < -0.4 is 0 Å². The van der Waals surface area contributed by atoms with Crippen molar-refractivity contribution in [3.8, 4) is 0 Å². The molecule has 1 heterocycles. The van der Waals surface area contributed by atoms with Crippen molar-refractivity contribution in [2.45, 2.75) is 0 Å². The lowest BCUT2D eigenvalue weighted by Crippen LogP contribution is -1.95. The van der Waals surface area contributed by atoms with Crippen LogP contribution in [-0.2, 0) is 7.05 Å². The molecule has 0 atom stereocenters. The number of hydrogen-bond acceptors (Lipinski definition) is 1. The third-order valence-corrected chi connectivity index (χ3v) is 6.85. The molecule has 0 N–H and O–H groups in total. The molecule has 7 rings (SSSR count). The average molecular weight is 424 g/mol. The van der Waals surface area contributed by atoms with Crippen LogP contribution >= 0.6 is 0 Å². The van der Waals surface area contributed by atoms with Gasteiger partial charge in [0.15, 0.2) is 11.2 Å². The van der Waals surface area contributed by atoms with Crippen molar-refractivity contribution in [1.29, 1.82) is 0 Å². The summed E-state index contributed by atoms with van der Waals surface area (Å²) in [7, 11) is 2.12. The van der Waals surface area contributed by atoms with Gasteiger partial charge < -0.3 is 8.98 Å². The fraction of sp³-hybridized carbons (Fsp3) is 0.0323. The van der Waals surface area contributed by atoms with Crippen LogP contribution in [0.25, 0.3) is 65.3 Å². The van der Waals surface area contributed by atoms with Crippen LogP contribution in [0, 0.1) is 0 Å². The molecule has 0 fully saturated rings. The molecule has 0 aliphatic carbocycles. The van der Waals surface area contributed by atoms with E-state index in [4.69, 9.17) is 4.42 Å². The number of aryl methyl sites for hydroxylation is 1. The van der Waals surface area contributed by atoms with Crippen LogP contribution in [0.1, 0.15) is 0 Å². The Morgan fingerprint density at radius 3 is 1.39 bits per heavy atom. The van der Waals surface area contributed by atoms with Crippen molar-refractivity contribution in [3.05, 3.63) is 109 Å². The third kappa shape index (κ3) is 2.61. The van der Waals surface area contributed by atoms with Crippen molar-refractivity contribution in [1.82, 2.24) is 4.57 Å². The van der Waals surface area contributed by atoms with Gasteiger partial charge in [-0.05, 0) is 67.4 Å². The molecule has 7 aromatic rings. The van der Waals surface area contributed by atoms with Crippen LogP contribution in [-0.4, -0.2) is 4.57 Å². The maximum atomic E-state index is 6.42. The Morgan fingerprint density at radius 2 is 0.848 bits per heavy atom. The fourth-order valence-electron chi connectivity index (χ4n) is 5.29. The Bertz CT molecular complexity index is 1940. The summed E-state index contributed by atoms with van der Waals surface area (Å²) in [6.45, 7) is 0. The van der Waals surface area contributed by atoms with Gasteiger partial charge >= 0.3 is 0 Å². The van der Waals surface area contributed by atoms with Gasteiger partial charge in [-0.1, -0.05) is 84.9 Å². The molecule has 0 aliphatic rings. The Morgan fingerprint density at radius 1 is 0.424 bits per heavy atom. The maximum Gasteiger partial charge on any atom is 0.151 e. The van der Waals surface area contributed by atoms with E-state index in [1.165, 1.54) is 43.1 Å². The van der Waals surface area contributed by atoms with Crippen molar-refractivity contribution in [3.63, 3.8) is 0 Å². The summed E-state index contributed by atoms with van der Waals surface area (Å²) < 4.78 is 8.65. The number of nitrogens with zero attached hydrogens (tertiary/aromatic N) is 1. The van der Waals surface area contributed by atoms with Crippen molar-refractivity contribution in [2.75, 3.05) is 0 Å². The molecule has 6 aromatic carbocycles. The molecule has 0 radical (unpaired) electrons. The quantitative estimate of drug-likeness (QED) is 0.223. The van der Waals surface area contributed by atoms with E-state index in [0.717, 1.165) is 22.2 Å². The highest BCUT2D eigenvalue weighted by Crippen LogP contribution is 2.37. The van der Waals surface area contributed by atoms with Crippen molar-refractivity contribution >= 4 is 65.3 Å².